The van der Waals surface area contributed by atoms with Gasteiger partial charge in [0.15, 0.2) is 0 Å². The number of para-hydroxylation sites is 2. The molecule has 2 aromatic carbocycles. The number of nitrogens with one attached hydrogen (secondary N) is 1. The molecule has 1 fully saturated rings. The smallest absolute Gasteiger partial charge is 0.242 e. The van der Waals surface area contributed by atoms with Crippen molar-refractivity contribution in [3.63, 3.8) is 0 Å². The van der Waals surface area contributed by atoms with Crippen molar-refractivity contribution < 1.29 is 9.59 Å². The molecule has 1 aromatic heterocycles. The summed E-state index contributed by atoms with van der Waals surface area (Å²) in [6.45, 7) is 3.77. The van der Waals surface area contributed by atoms with E-state index in [9.17, 15) is 9.59 Å². The zero-order valence-electron chi connectivity index (χ0n) is 18.4. The molecule has 32 heavy (non-hydrogen) atoms. The molecule has 4 rings (SSSR count). The molecule has 7 heteroatoms. The molecule has 6 nitrogen and oxygen atoms in total. The average Bonchev–Trinajstić information content (AvgIpc) is 2.95. The zero-order chi connectivity index (χ0) is 22.5. The average molecular weight is 453 g/mol. The summed E-state index contributed by atoms with van der Waals surface area (Å²) in [6, 6.07) is 14.7. The number of halogens is 1. The number of carbonyl (C=O) groups excluding carboxylic acids is 2. The molecule has 1 N–H and O–H groups in total. The first-order valence-electron chi connectivity index (χ1n) is 11.3. The topological polar surface area (TPSA) is 67.2 Å². The quantitative estimate of drug-likeness (QED) is 0.598. The van der Waals surface area contributed by atoms with Gasteiger partial charge in [0, 0.05) is 18.1 Å². The van der Waals surface area contributed by atoms with Crippen LogP contribution >= 0.6 is 11.6 Å². The van der Waals surface area contributed by atoms with Crippen LogP contribution in [0.3, 0.4) is 0 Å². The number of rotatable bonds is 6. The molecule has 0 aliphatic carbocycles. The summed E-state index contributed by atoms with van der Waals surface area (Å²) in [6.07, 6.45) is 4.73. The molecular weight excluding hydrogens is 424 g/mol. The van der Waals surface area contributed by atoms with E-state index in [2.05, 4.69) is 5.32 Å². The molecule has 0 radical (unpaired) electrons. The van der Waals surface area contributed by atoms with Crippen LogP contribution in [0, 0.1) is 0 Å². The lowest BCUT2D eigenvalue weighted by Crippen LogP contribution is -2.36. The lowest BCUT2D eigenvalue weighted by Gasteiger charge is -2.22. The molecule has 2 amide bonds. The van der Waals surface area contributed by atoms with E-state index in [0.717, 1.165) is 42.5 Å². The number of imidazole rings is 1. The van der Waals surface area contributed by atoms with Crippen LogP contribution in [0.25, 0.3) is 11.0 Å². The molecule has 1 atom stereocenters. The van der Waals surface area contributed by atoms with Crippen molar-refractivity contribution in [1.29, 1.82) is 0 Å². The van der Waals surface area contributed by atoms with Crippen LogP contribution in [0.5, 0.6) is 0 Å². The molecule has 1 saturated heterocycles. The van der Waals surface area contributed by atoms with Gasteiger partial charge < -0.3 is 14.8 Å². The van der Waals surface area contributed by atoms with Crippen molar-refractivity contribution in [2.45, 2.75) is 51.6 Å². The van der Waals surface area contributed by atoms with Crippen LogP contribution in [0.15, 0.2) is 48.5 Å². The lowest BCUT2D eigenvalue weighted by atomic mass is 10.1. The number of benzene rings is 2. The number of amides is 2. The number of likely N-dealkylation sites (tertiary alicyclic amines) is 1. The molecule has 0 saturated carbocycles. The Labute approximate surface area is 193 Å². The SMILES string of the molecule is CC(NC(=O)Cc1ccc(Cl)cc1)c1nc2ccccc2n1CC(=O)N1CCCCCC1. The van der Waals surface area contributed by atoms with Crippen molar-refractivity contribution in [1.82, 2.24) is 19.8 Å². The number of aromatic nitrogens is 2. The fourth-order valence-electron chi connectivity index (χ4n) is 4.29. The molecule has 0 bridgehead atoms. The highest BCUT2D eigenvalue weighted by Gasteiger charge is 2.22. The van der Waals surface area contributed by atoms with Crippen LogP contribution in [0.4, 0.5) is 0 Å². The number of hydrogen-bond acceptors (Lipinski definition) is 3. The Morgan fingerprint density at radius 3 is 2.44 bits per heavy atom. The summed E-state index contributed by atoms with van der Waals surface area (Å²) in [4.78, 5) is 32.5. The van der Waals surface area contributed by atoms with Gasteiger partial charge in [-0.15, -0.1) is 0 Å². The van der Waals surface area contributed by atoms with Crippen molar-refractivity contribution in [2.75, 3.05) is 13.1 Å². The van der Waals surface area contributed by atoms with Gasteiger partial charge in [0.2, 0.25) is 11.8 Å². The maximum Gasteiger partial charge on any atom is 0.242 e. The molecule has 2 heterocycles. The fourth-order valence-corrected chi connectivity index (χ4v) is 4.42. The van der Waals surface area contributed by atoms with Crippen LogP contribution in [0.2, 0.25) is 5.02 Å². The van der Waals surface area contributed by atoms with Gasteiger partial charge in [0.1, 0.15) is 12.4 Å². The summed E-state index contributed by atoms with van der Waals surface area (Å²) < 4.78 is 1.95. The van der Waals surface area contributed by atoms with E-state index in [1.807, 2.05) is 52.8 Å². The number of fused-ring (bicyclic) bond motifs is 1. The Hall–Kier alpha value is -2.86. The maximum atomic E-state index is 13.1. The van der Waals surface area contributed by atoms with Gasteiger partial charge in [-0.2, -0.15) is 0 Å². The van der Waals surface area contributed by atoms with E-state index >= 15 is 0 Å². The van der Waals surface area contributed by atoms with Crippen LogP contribution < -0.4 is 5.32 Å². The largest absolute Gasteiger partial charge is 0.346 e. The van der Waals surface area contributed by atoms with Gasteiger partial charge in [0.05, 0.1) is 23.5 Å². The normalized spacial score (nSPS) is 15.4. The highest BCUT2D eigenvalue weighted by molar-refractivity contribution is 6.30. The Morgan fingerprint density at radius 1 is 1.03 bits per heavy atom. The van der Waals surface area contributed by atoms with Crippen molar-refractivity contribution in [3.05, 3.63) is 64.9 Å². The first-order chi connectivity index (χ1) is 15.5. The first-order valence-corrected chi connectivity index (χ1v) is 11.7. The molecule has 3 aromatic rings. The standard InChI is InChI=1S/C25H29ClN4O2/c1-18(27-23(31)16-19-10-12-20(26)13-11-19)25-28-21-8-4-5-9-22(21)30(25)17-24(32)29-14-6-2-3-7-15-29/h4-5,8-13,18H,2-3,6-7,14-17H2,1H3,(H,27,31). The van der Waals surface area contributed by atoms with Crippen LogP contribution in [-0.2, 0) is 22.6 Å². The van der Waals surface area contributed by atoms with Gasteiger partial charge in [-0.1, -0.05) is 48.7 Å². The number of nitrogens with zero attached hydrogens (tertiary/aromatic N) is 3. The molecule has 1 aliphatic heterocycles. The number of hydrogen-bond donors (Lipinski definition) is 1. The molecule has 1 unspecified atom stereocenters. The minimum Gasteiger partial charge on any atom is -0.346 e. The Bertz CT molecular complexity index is 1090. The molecule has 1 aliphatic rings. The first kappa shape index (κ1) is 22.3. The van der Waals surface area contributed by atoms with Crippen LogP contribution in [0.1, 0.15) is 50.0 Å². The monoisotopic (exact) mass is 452 g/mol. The third-order valence-corrected chi connectivity index (χ3v) is 6.23. The van der Waals surface area contributed by atoms with Gasteiger partial charge in [-0.05, 0) is 49.6 Å². The van der Waals surface area contributed by atoms with Gasteiger partial charge in [-0.25, -0.2) is 4.98 Å². The molecular formula is C25H29ClN4O2. The minimum absolute atomic E-state index is 0.0997. The predicted octanol–water partition coefficient (Wildman–Crippen LogP) is 4.51. The summed E-state index contributed by atoms with van der Waals surface area (Å²) in [5, 5.41) is 3.69. The van der Waals surface area contributed by atoms with Crippen molar-refractivity contribution in [2.24, 2.45) is 0 Å². The summed E-state index contributed by atoms with van der Waals surface area (Å²) in [7, 11) is 0. The second-order valence-corrected chi connectivity index (χ2v) is 8.87. The van der Waals surface area contributed by atoms with E-state index in [4.69, 9.17) is 16.6 Å². The van der Waals surface area contributed by atoms with Crippen molar-refractivity contribution in [3.8, 4) is 0 Å². The summed E-state index contributed by atoms with van der Waals surface area (Å²) in [5.74, 6) is 0.701. The Kier molecular flexibility index (Phi) is 7.10. The highest BCUT2D eigenvalue weighted by atomic mass is 35.5. The third kappa shape index (κ3) is 5.30. The number of carbonyl (C=O) groups is 2. The van der Waals surface area contributed by atoms with Gasteiger partial charge >= 0.3 is 0 Å². The highest BCUT2D eigenvalue weighted by Crippen LogP contribution is 2.22. The minimum atomic E-state index is -0.334. The van der Waals surface area contributed by atoms with E-state index in [1.54, 1.807) is 12.1 Å². The molecule has 168 valence electrons. The van der Waals surface area contributed by atoms with E-state index in [0.29, 0.717) is 10.8 Å². The fraction of sp³-hybridized carbons (Fsp3) is 0.400. The van der Waals surface area contributed by atoms with Crippen LogP contribution in [-0.4, -0.2) is 39.4 Å². The summed E-state index contributed by atoms with van der Waals surface area (Å²) >= 11 is 5.93. The second kappa shape index (κ2) is 10.2. The molecule has 0 spiro atoms. The maximum absolute atomic E-state index is 13.1. The summed E-state index contributed by atoms with van der Waals surface area (Å²) in [5.41, 5.74) is 2.62. The lowest BCUT2D eigenvalue weighted by molar-refractivity contribution is -0.131. The third-order valence-electron chi connectivity index (χ3n) is 5.98. The van der Waals surface area contributed by atoms with E-state index in [1.165, 1.54) is 12.8 Å². The zero-order valence-corrected chi connectivity index (χ0v) is 19.1. The second-order valence-electron chi connectivity index (χ2n) is 8.43. The Balaban J connectivity index is 1.52. The van der Waals surface area contributed by atoms with Gasteiger partial charge in [0.25, 0.3) is 0 Å². The van der Waals surface area contributed by atoms with Gasteiger partial charge in [-0.3, -0.25) is 9.59 Å². The Morgan fingerprint density at radius 2 is 1.72 bits per heavy atom. The van der Waals surface area contributed by atoms with E-state index < -0.39 is 0 Å². The van der Waals surface area contributed by atoms with Crippen molar-refractivity contribution >= 4 is 34.4 Å². The van der Waals surface area contributed by atoms with E-state index in [-0.39, 0.29) is 30.8 Å². The predicted molar refractivity (Wildman–Crippen MR) is 126 cm³/mol.